The molecule has 25 heavy (non-hydrogen) atoms. The van der Waals surface area contributed by atoms with E-state index in [-0.39, 0.29) is 10.6 Å². The van der Waals surface area contributed by atoms with Crippen LogP contribution < -0.4 is 0 Å². The minimum absolute atomic E-state index is 0.0567. The Bertz CT molecular complexity index is 849. The first-order valence-corrected chi connectivity index (χ1v) is 9.03. The number of benzene rings is 1. The minimum atomic E-state index is -6.09. The molecule has 0 amide bonds. The van der Waals surface area contributed by atoms with Crippen molar-refractivity contribution < 1.29 is 43.7 Å². The predicted molar refractivity (Wildman–Crippen MR) is 77.5 cm³/mol. The smallest absolute Gasteiger partial charge is 0.600 e. The molecule has 0 aliphatic rings. The topological polar surface area (TPSA) is 57.2 Å². The molecule has 142 valence electrons. The van der Waals surface area contributed by atoms with Crippen LogP contribution in [0.2, 0.25) is 0 Å². The van der Waals surface area contributed by atoms with E-state index < -0.39 is 37.4 Å². The van der Waals surface area contributed by atoms with Crippen LogP contribution >= 0.6 is 10.5 Å². The van der Waals surface area contributed by atoms with Gasteiger partial charge in [-0.1, -0.05) is 13.8 Å². The molecule has 0 aliphatic heterocycles. The van der Waals surface area contributed by atoms with Gasteiger partial charge in [-0.3, -0.25) is 0 Å². The van der Waals surface area contributed by atoms with Crippen molar-refractivity contribution in [1.82, 2.24) is 0 Å². The van der Waals surface area contributed by atoms with Gasteiger partial charge in [0.2, 0.25) is 0 Å². The number of thiophene rings is 1. The van der Waals surface area contributed by atoms with Crippen molar-refractivity contribution in [2.24, 2.45) is 0 Å². The quantitative estimate of drug-likeness (QED) is 0.274. The summed E-state index contributed by atoms with van der Waals surface area (Å²) in [5.74, 6) is -0.820. The number of fused-ring (bicyclic) bond motifs is 1. The number of hydrogen-bond donors (Lipinski definition) is 0. The van der Waals surface area contributed by atoms with Crippen LogP contribution in [-0.4, -0.2) is 18.5 Å². The molecule has 0 radical (unpaired) electrons. The molecule has 12 heteroatoms. The number of halogens is 7. The first-order valence-electron chi connectivity index (χ1n) is 6.40. The van der Waals surface area contributed by atoms with Crippen molar-refractivity contribution in [1.29, 1.82) is 0 Å². The molecule has 0 fully saturated rings. The molecule has 0 bridgehead atoms. The van der Waals surface area contributed by atoms with Crippen molar-refractivity contribution in [3.8, 4) is 0 Å². The molecule has 1 aromatic carbocycles. The maximum absolute atomic E-state index is 13.1. The zero-order chi connectivity index (χ0) is 19.8. The van der Waals surface area contributed by atoms with Crippen LogP contribution in [0, 0.1) is 5.82 Å². The highest BCUT2D eigenvalue weighted by Gasteiger charge is 2.48. The van der Waals surface area contributed by atoms with E-state index in [1.807, 2.05) is 0 Å². The molecule has 2 rings (SSSR count). The highest BCUT2D eigenvalue weighted by Crippen LogP contribution is 2.52. The standard InChI is InChI=1S/C12H11F4S.CHF3O3S/c1-7(2)10-5-8-3-4-9(13)6-11(8)17(10)12(14,15)16;2-1(3,4)8(5,6)7/h3-7H,1-2H3;(H,5,6,7)/q+1;/p-1. The van der Waals surface area contributed by atoms with E-state index in [4.69, 9.17) is 13.0 Å². The first-order chi connectivity index (χ1) is 11.1. The molecular formula is C13H11F7O3S2. The summed E-state index contributed by atoms with van der Waals surface area (Å²) in [4.78, 5) is 0.332. The third-order valence-electron chi connectivity index (χ3n) is 2.81. The Hall–Kier alpha value is -1.40. The molecule has 2 aromatic rings. The van der Waals surface area contributed by atoms with Gasteiger partial charge in [0.25, 0.3) is 0 Å². The maximum Gasteiger partial charge on any atom is 0.600 e. The van der Waals surface area contributed by atoms with Gasteiger partial charge < -0.3 is 4.55 Å². The van der Waals surface area contributed by atoms with Crippen molar-refractivity contribution >= 4 is 30.7 Å². The van der Waals surface area contributed by atoms with Gasteiger partial charge in [-0.25, -0.2) is 12.8 Å². The molecule has 1 unspecified atom stereocenters. The number of hydrogen-bond acceptors (Lipinski definition) is 3. The third kappa shape index (κ3) is 5.28. The largest absolute Gasteiger partial charge is 0.741 e. The Morgan fingerprint density at radius 2 is 1.52 bits per heavy atom. The van der Waals surface area contributed by atoms with Gasteiger partial charge in [-0.05, 0) is 12.1 Å². The van der Waals surface area contributed by atoms with Crippen molar-refractivity contribution in [2.75, 3.05) is 0 Å². The summed E-state index contributed by atoms with van der Waals surface area (Å²) in [7, 11) is -8.07. The number of rotatable bonds is 1. The lowest BCUT2D eigenvalue weighted by Gasteiger charge is -2.08. The average molecular weight is 412 g/mol. The Kier molecular flexibility index (Phi) is 6.13. The predicted octanol–water partition coefficient (Wildman–Crippen LogP) is 5.38. The summed E-state index contributed by atoms with van der Waals surface area (Å²) in [5.41, 5.74) is -9.98. The summed E-state index contributed by atoms with van der Waals surface area (Å²) in [6.07, 6.45) is 0. The second-order valence-corrected chi connectivity index (χ2v) is 8.39. The molecule has 1 aromatic heterocycles. The molecular weight excluding hydrogens is 401 g/mol. The lowest BCUT2D eigenvalue weighted by Crippen LogP contribution is -2.21. The van der Waals surface area contributed by atoms with E-state index in [9.17, 15) is 30.7 Å². The van der Waals surface area contributed by atoms with Crippen LogP contribution in [0.1, 0.15) is 24.6 Å². The average Bonchev–Trinajstić information content (AvgIpc) is 2.75. The fourth-order valence-corrected chi connectivity index (χ4v) is 3.88. The van der Waals surface area contributed by atoms with Crippen molar-refractivity contribution in [3.63, 3.8) is 0 Å². The van der Waals surface area contributed by atoms with E-state index in [0.717, 1.165) is 6.07 Å². The van der Waals surface area contributed by atoms with E-state index in [2.05, 4.69) is 0 Å². The zero-order valence-corrected chi connectivity index (χ0v) is 14.2. The van der Waals surface area contributed by atoms with Crippen LogP contribution in [0.4, 0.5) is 30.7 Å². The second-order valence-electron chi connectivity index (χ2n) is 5.04. The van der Waals surface area contributed by atoms with Crippen molar-refractivity contribution in [3.05, 3.63) is 35.0 Å². The summed E-state index contributed by atoms with van der Waals surface area (Å²) >= 11 is 0. The van der Waals surface area contributed by atoms with Gasteiger partial charge in [0.15, 0.2) is 19.7 Å². The summed E-state index contributed by atoms with van der Waals surface area (Å²) in [5, 5.41) is 0.482. The summed E-state index contributed by atoms with van der Waals surface area (Å²) < 4.78 is 111. The Morgan fingerprint density at radius 3 is 1.88 bits per heavy atom. The molecule has 1 heterocycles. The third-order valence-corrected chi connectivity index (χ3v) is 5.70. The van der Waals surface area contributed by atoms with Crippen LogP contribution in [0.25, 0.3) is 10.1 Å². The van der Waals surface area contributed by atoms with Gasteiger partial charge in [0.05, 0.1) is 10.5 Å². The molecule has 3 nitrogen and oxygen atoms in total. The maximum atomic E-state index is 13.1. The zero-order valence-electron chi connectivity index (χ0n) is 12.6. The summed E-state index contributed by atoms with van der Waals surface area (Å²) in [6, 6.07) is 5.14. The normalized spacial score (nSPS) is 13.8. The minimum Gasteiger partial charge on any atom is -0.741 e. The van der Waals surface area contributed by atoms with Gasteiger partial charge >= 0.3 is 11.0 Å². The highest BCUT2D eigenvalue weighted by molar-refractivity contribution is 7.86. The second kappa shape index (κ2) is 7.08. The van der Waals surface area contributed by atoms with Gasteiger partial charge in [0.1, 0.15) is 5.82 Å². The molecule has 0 aliphatic carbocycles. The fraction of sp³-hybridized carbons (Fsp3) is 0.385. The van der Waals surface area contributed by atoms with E-state index in [0.29, 0.717) is 10.3 Å². The molecule has 0 N–H and O–H groups in total. The Morgan fingerprint density at radius 1 is 1.04 bits per heavy atom. The van der Waals surface area contributed by atoms with Crippen molar-refractivity contribution in [2.45, 2.75) is 30.8 Å². The van der Waals surface area contributed by atoms with E-state index in [1.165, 1.54) is 18.2 Å². The monoisotopic (exact) mass is 412 g/mol. The lowest BCUT2D eigenvalue weighted by molar-refractivity contribution is -0.0868. The highest BCUT2D eigenvalue weighted by atomic mass is 32.2. The van der Waals surface area contributed by atoms with Crippen LogP contribution in [0.15, 0.2) is 24.3 Å². The SMILES string of the molecule is CC(C)c1cc2ccc(F)cc2[s+]1C(F)(F)F.O=S(=O)([O-])C(F)(F)F. The Balaban J connectivity index is 0.000000333. The molecule has 0 saturated carbocycles. The van der Waals surface area contributed by atoms with Crippen LogP contribution in [0.5, 0.6) is 0 Å². The van der Waals surface area contributed by atoms with Crippen LogP contribution in [0.3, 0.4) is 0 Å². The molecule has 1 atom stereocenters. The van der Waals surface area contributed by atoms with Gasteiger partial charge in [0, 0.05) is 23.4 Å². The first kappa shape index (κ1) is 21.6. The lowest BCUT2D eigenvalue weighted by atomic mass is 10.1. The molecule has 0 saturated heterocycles. The Labute approximate surface area is 140 Å². The van der Waals surface area contributed by atoms with Gasteiger partial charge in [-0.15, -0.1) is 13.2 Å². The molecule has 0 spiro atoms. The number of alkyl halides is 6. The summed E-state index contributed by atoms with van der Waals surface area (Å²) in [6.45, 7) is 3.44. The van der Waals surface area contributed by atoms with E-state index in [1.54, 1.807) is 13.8 Å². The van der Waals surface area contributed by atoms with E-state index >= 15 is 0 Å². The van der Waals surface area contributed by atoms with Gasteiger partial charge in [-0.2, -0.15) is 13.2 Å². The fourth-order valence-electron chi connectivity index (χ4n) is 1.80. The van der Waals surface area contributed by atoms with Crippen LogP contribution in [-0.2, 0) is 15.6 Å².